The van der Waals surface area contributed by atoms with Gasteiger partial charge in [-0.15, -0.1) is 0 Å². The van der Waals surface area contributed by atoms with E-state index in [4.69, 9.17) is 7.85 Å². The molecule has 20 heavy (non-hydrogen) atoms. The van der Waals surface area contributed by atoms with Crippen LogP contribution in [0.5, 0.6) is 0 Å². The van der Waals surface area contributed by atoms with Crippen LogP contribution in [0.15, 0.2) is 0 Å². The zero-order chi connectivity index (χ0) is 16.2. The van der Waals surface area contributed by atoms with Crippen LogP contribution in [0.25, 0.3) is 0 Å². The predicted molar refractivity (Wildman–Crippen MR) is 85.0 cm³/mol. The highest BCUT2D eigenvalue weighted by Crippen LogP contribution is 2.27. The number of carboxylic acid groups (broad SMARTS) is 1. The summed E-state index contributed by atoms with van der Waals surface area (Å²) >= 11 is 0. The lowest BCUT2D eigenvalue weighted by atomic mass is 9.93. The number of hydrogen-bond acceptors (Lipinski definition) is 1. The first-order valence-corrected chi connectivity index (χ1v) is 8.66. The monoisotopic (exact) mass is 284 g/mol. The van der Waals surface area contributed by atoms with Gasteiger partial charge in [-0.25, -0.2) is 0 Å². The van der Waals surface area contributed by atoms with Crippen LogP contribution in [0, 0.1) is 5.92 Å². The van der Waals surface area contributed by atoms with Crippen LogP contribution in [-0.4, -0.2) is 11.1 Å². The van der Waals surface area contributed by atoms with Gasteiger partial charge in [0.2, 0.25) is 0 Å². The smallest absolute Gasteiger partial charge is 0.303 e. The van der Waals surface area contributed by atoms with E-state index in [-0.39, 0.29) is 12.8 Å². The van der Waals surface area contributed by atoms with E-state index in [1.165, 1.54) is 51.4 Å². The first kappa shape index (κ1) is 14.4. The first-order chi connectivity index (χ1) is 10.6. The molecule has 1 fully saturated rings. The van der Waals surface area contributed by atoms with E-state index in [1.54, 1.807) is 0 Å². The Bertz CT molecular complexity index is 297. The van der Waals surface area contributed by atoms with Crippen molar-refractivity contribution in [1.82, 2.24) is 0 Å². The van der Waals surface area contributed by atoms with E-state index < -0.39 is 5.97 Å². The predicted octanol–water partition coefficient (Wildman–Crippen LogP) is 5.94. The third-order valence-corrected chi connectivity index (χ3v) is 4.37. The van der Waals surface area contributed by atoms with E-state index in [0.717, 1.165) is 32.1 Å². The maximum atomic E-state index is 10.4. The van der Waals surface area contributed by atoms with Gasteiger partial charge in [-0.05, 0) is 12.3 Å². The first-order valence-electron chi connectivity index (χ1n) is 9.81. The molecule has 0 radical (unpaired) electrons. The van der Waals surface area contributed by atoms with Crippen molar-refractivity contribution in [2.45, 2.75) is 103 Å². The van der Waals surface area contributed by atoms with Crippen molar-refractivity contribution in [3.05, 3.63) is 0 Å². The summed E-state index contributed by atoms with van der Waals surface area (Å²) in [5, 5.41) is 8.55. The minimum Gasteiger partial charge on any atom is -0.481 e. The van der Waals surface area contributed by atoms with Gasteiger partial charge in [-0.1, -0.05) is 89.8 Å². The van der Waals surface area contributed by atoms with Crippen molar-refractivity contribution < 1.29 is 12.6 Å². The Hall–Kier alpha value is -0.530. The van der Waals surface area contributed by atoms with Gasteiger partial charge in [-0.2, -0.15) is 0 Å². The summed E-state index contributed by atoms with van der Waals surface area (Å²) in [6, 6.07) is 0. The molecule has 1 aliphatic carbocycles. The van der Waals surface area contributed by atoms with Gasteiger partial charge < -0.3 is 5.11 Å². The molecule has 0 amide bonds. The third-order valence-electron chi connectivity index (χ3n) is 4.37. The van der Waals surface area contributed by atoms with E-state index in [2.05, 4.69) is 0 Å². The molecule has 0 heterocycles. The average Bonchev–Trinajstić information content (AvgIpc) is 2.62. The second-order valence-corrected chi connectivity index (χ2v) is 6.26. The van der Waals surface area contributed by atoms with Crippen molar-refractivity contribution in [2.24, 2.45) is 5.92 Å². The lowest BCUT2D eigenvalue weighted by Crippen LogP contribution is -1.98. The summed E-state index contributed by atoms with van der Waals surface area (Å²) in [7, 11) is 0. The fourth-order valence-electron chi connectivity index (χ4n) is 3.08. The van der Waals surface area contributed by atoms with Crippen LogP contribution in [0.1, 0.15) is 105 Å². The minimum atomic E-state index is -0.676. The SMILES string of the molecule is [2H]C1CCCC(CCCCCCCCCCC(=O)O)CC1[2H]. The largest absolute Gasteiger partial charge is 0.481 e. The Morgan fingerprint density at radius 1 is 0.900 bits per heavy atom. The van der Waals surface area contributed by atoms with Crippen molar-refractivity contribution >= 4 is 5.97 Å². The summed E-state index contributed by atoms with van der Waals surface area (Å²) in [6.07, 6.45) is 14.9. The standard InChI is InChI=1S/C18H34O2/c19-18(20)16-12-6-4-2-1-3-5-9-13-17-14-10-7-8-11-15-17/h17H,1-16H2,(H,19,20)/i7D,10D. The van der Waals surface area contributed by atoms with Gasteiger partial charge in [0.05, 0.1) is 0 Å². The second-order valence-electron chi connectivity index (χ2n) is 6.26. The quantitative estimate of drug-likeness (QED) is 0.376. The highest BCUT2D eigenvalue weighted by Gasteiger charge is 2.11. The normalized spacial score (nSPS) is 28.5. The van der Waals surface area contributed by atoms with Gasteiger partial charge in [0.1, 0.15) is 0 Å². The molecule has 2 nitrogen and oxygen atoms in total. The van der Waals surface area contributed by atoms with Crippen LogP contribution >= 0.6 is 0 Å². The zero-order valence-electron chi connectivity index (χ0n) is 15.0. The fraction of sp³-hybridized carbons (Fsp3) is 0.944. The van der Waals surface area contributed by atoms with Crippen LogP contribution in [0.3, 0.4) is 0 Å². The maximum absolute atomic E-state index is 10.4. The van der Waals surface area contributed by atoms with Crippen LogP contribution in [0.2, 0.25) is 0 Å². The van der Waals surface area contributed by atoms with Gasteiger partial charge >= 0.3 is 5.97 Å². The third kappa shape index (κ3) is 10.3. The molecule has 3 unspecified atom stereocenters. The minimum absolute atomic E-state index is 0.147. The number of unbranched alkanes of at least 4 members (excludes halogenated alkanes) is 7. The maximum Gasteiger partial charge on any atom is 0.303 e. The van der Waals surface area contributed by atoms with E-state index >= 15 is 0 Å². The molecule has 118 valence electrons. The molecule has 2 heteroatoms. The molecule has 0 spiro atoms. The number of carbonyl (C=O) groups is 1. The molecule has 1 N–H and O–H groups in total. The molecular formula is C18H34O2. The van der Waals surface area contributed by atoms with Crippen molar-refractivity contribution in [3.63, 3.8) is 0 Å². The summed E-state index contributed by atoms with van der Waals surface area (Å²) in [6.45, 7) is 0. The molecule has 1 rings (SSSR count). The molecule has 1 saturated carbocycles. The lowest BCUT2D eigenvalue weighted by Gasteiger charge is -2.13. The number of carboxylic acids is 1. The zero-order valence-corrected chi connectivity index (χ0v) is 13.0. The Labute approximate surface area is 128 Å². The summed E-state index contributed by atoms with van der Waals surface area (Å²) in [5.74, 6) is 0.0130. The van der Waals surface area contributed by atoms with E-state index in [1.807, 2.05) is 0 Å². The Kier molecular flexibility index (Phi) is 8.81. The Morgan fingerprint density at radius 2 is 1.55 bits per heavy atom. The second kappa shape index (κ2) is 12.2. The molecule has 0 aromatic heterocycles. The highest BCUT2D eigenvalue weighted by molar-refractivity contribution is 5.66. The molecule has 3 atom stereocenters. The van der Waals surface area contributed by atoms with Crippen LogP contribution in [0.4, 0.5) is 0 Å². The Morgan fingerprint density at radius 3 is 2.25 bits per heavy atom. The van der Waals surface area contributed by atoms with Gasteiger partial charge in [-0.3, -0.25) is 4.79 Å². The molecule has 0 aromatic rings. The average molecular weight is 284 g/mol. The topological polar surface area (TPSA) is 37.3 Å². The van der Waals surface area contributed by atoms with Crippen molar-refractivity contribution in [1.29, 1.82) is 0 Å². The molecule has 0 aromatic carbocycles. The summed E-state index contributed by atoms with van der Waals surface area (Å²) < 4.78 is 15.8. The van der Waals surface area contributed by atoms with E-state index in [9.17, 15) is 4.79 Å². The van der Waals surface area contributed by atoms with Gasteiger partial charge in [0.15, 0.2) is 0 Å². The lowest BCUT2D eigenvalue weighted by molar-refractivity contribution is -0.137. The van der Waals surface area contributed by atoms with Crippen molar-refractivity contribution in [3.8, 4) is 0 Å². The number of hydrogen-bond donors (Lipinski definition) is 1. The van der Waals surface area contributed by atoms with Crippen LogP contribution < -0.4 is 0 Å². The van der Waals surface area contributed by atoms with Crippen molar-refractivity contribution in [2.75, 3.05) is 0 Å². The molecule has 1 aliphatic rings. The highest BCUT2D eigenvalue weighted by atomic mass is 16.4. The Balaban J connectivity index is 1.89. The van der Waals surface area contributed by atoms with E-state index in [0.29, 0.717) is 12.3 Å². The van der Waals surface area contributed by atoms with Gasteiger partial charge in [0, 0.05) is 9.16 Å². The molecule has 0 aliphatic heterocycles. The number of aliphatic carboxylic acids is 1. The van der Waals surface area contributed by atoms with Crippen LogP contribution in [-0.2, 0) is 4.79 Å². The molecule has 0 saturated heterocycles. The number of rotatable bonds is 11. The van der Waals surface area contributed by atoms with Gasteiger partial charge in [0.25, 0.3) is 0 Å². The summed E-state index contributed by atoms with van der Waals surface area (Å²) in [5.41, 5.74) is 0. The summed E-state index contributed by atoms with van der Waals surface area (Å²) in [4.78, 5) is 10.4. The molecule has 0 bridgehead atoms. The fourth-order valence-corrected chi connectivity index (χ4v) is 3.08. The molecular weight excluding hydrogens is 248 g/mol.